The number of nitrogens with one attached hydrogen (secondary N) is 1. The van der Waals surface area contributed by atoms with Gasteiger partial charge in [0, 0.05) is 7.05 Å². The van der Waals surface area contributed by atoms with Crippen LogP contribution in [0.1, 0.15) is 17.3 Å². The summed E-state index contributed by atoms with van der Waals surface area (Å²) in [5.74, 6) is 7.16. The Bertz CT molecular complexity index is 553. The Labute approximate surface area is 112 Å². The van der Waals surface area contributed by atoms with Crippen LogP contribution in [0.5, 0.6) is 11.5 Å². The first kappa shape index (κ1) is 13.4. The van der Waals surface area contributed by atoms with Crippen molar-refractivity contribution in [2.24, 2.45) is 12.9 Å². The molecular weight excluding hydrogens is 244 g/mol. The summed E-state index contributed by atoms with van der Waals surface area (Å²) in [6.07, 6.45) is 1.67. The highest BCUT2D eigenvalue weighted by atomic mass is 16.5. The fraction of sp³-hybridized carbons (Fsp3) is 0.308. The standard InChI is InChI=1S/C13H18N4O2/c1-17-13(11(19-3)8-15-17)12(16-14)9-5-4-6-10(7-9)18-2/h4-8,12,16H,14H2,1-3H3. The third kappa shape index (κ3) is 2.54. The van der Waals surface area contributed by atoms with Gasteiger partial charge in [-0.15, -0.1) is 0 Å². The van der Waals surface area contributed by atoms with Crippen LogP contribution >= 0.6 is 0 Å². The summed E-state index contributed by atoms with van der Waals surface area (Å²) >= 11 is 0. The number of hydrazine groups is 1. The third-order valence-electron chi connectivity index (χ3n) is 3.04. The molecule has 1 aromatic heterocycles. The van der Waals surface area contributed by atoms with E-state index in [1.54, 1.807) is 25.1 Å². The summed E-state index contributed by atoms with van der Waals surface area (Å²) in [6, 6.07) is 7.48. The number of hydrogen-bond donors (Lipinski definition) is 2. The lowest BCUT2D eigenvalue weighted by atomic mass is 10.0. The van der Waals surface area contributed by atoms with Crippen LogP contribution in [0.25, 0.3) is 0 Å². The Morgan fingerprint density at radius 2 is 2.11 bits per heavy atom. The van der Waals surface area contributed by atoms with Crippen molar-refractivity contribution in [2.75, 3.05) is 14.2 Å². The molecule has 3 N–H and O–H groups in total. The maximum absolute atomic E-state index is 5.69. The van der Waals surface area contributed by atoms with Crippen molar-refractivity contribution < 1.29 is 9.47 Å². The van der Waals surface area contributed by atoms with Gasteiger partial charge in [0.15, 0.2) is 5.75 Å². The number of nitrogens with zero attached hydrogens (tertiary/aromatic N) is 2. The van der Waals surface area contributed by atoms with Gasteiger partial charge in [-0.1, -0.05) is 12.1 Å². The van der Waals surface area contributed by atoms with E-state index in [1.807, 2.05) is 31.3 Å². The van der Waals surface area contributed by atoms with Crippen LogP contribution in [-0.2, 0) is 7.05 Å². The molecule has 1 aromatic carbocycles. The zero-order chi connectivity index (χ0) is 13.8. The van der Waals surface area contributed by atoms with Crippen LogP contribution in [0.2, 0.25) is 0 Å². The molecule has 102 valence electrons. The van der Waals surface area contributed by atoms with Crippen LogP contribution in [0.15, 0.2) is 30.5 Å². The topological polar surface area (TPSA) is 74.3 Å². The molecule has 0 aliphatic carbocycles. The van der Waals surface area contributed by atoms with Crippen molar-refractivity contribution in [2.45, 2.75) is 6.04 Å². The number of ether oxygens (including phenoxy) is 2. The van der Waals surface area contributed by atoms with E-state index < -0.39 is 0 Å². The van der Waals surface area contributed by atoms with E-state index in [2.05, 4.69) is 10.5 Å². The van der Waals surface area contributed by atoms with E-state index in [9.17, 15) is 0 Å². The summed E-state index contributed by atoms with van der Waals surface area (Å²) in [7, 11) is 5.09. The van der Waals surface area contributed by atoms with Gasteiger partial charge in [-0.2, -0.15) is 5.10 Å². The van der Waals surface area contributed by atoms with Crippen molar-refractivity contribution in [1.29, 1.82) is 0 Å². The molecule has 6 heteroatoms. The van der Waals surface area contributed by atoms with E-state index >= 15 is 0 Å². The Morgan fingerprint density at radius 3 is 2.74 bits per heavy atom. The van der Waals surface area contributed by atoms with Gasteiger partial charge in [0.1, 0.15) is 11.4 Å². The minimum absolute atomic E-state index is 0.224. The van der Waals surface area contributed by atoms with Crippen molar-refractivity contribution in [1.82, 2.24) is 15.2 Å². The molecule has 6 nitrogen and oxygen atoms in total. The predicted molar refractivity (Wildman–Crippen MR) is 71.9 cm³/mol. The fourth-order valence-electron chi connectivity index (χ4n) is 2.07. The number of nitrogens with two attached hydrogens (primary N) is 1. The van der Waals surface area contributed by atoms with E-state index in [1.165, 1.54) is 0 Å². The van der Waals surface area contributed by atoms with Gasteiger partial charge in [0.25, 0.3) is 0 Å². The zero-order valence-corrected chi connectivity index (χ0v) is 11.3. The molecule has 1 heterocycles. The minimum Gasteiger partial charge on any atom is -0.497 e. The van der Waals surface area contributed by atoms with E-state index in [4.69, 9.17) is 15.3 Å². The molecule has 1 unspecified atom stereocenters. The molecule has 0 spiro atoms. The second-order valence-electron chi connectivity index (χ2n) is 4.10. The average Bonchev–Trinajstić information content (AvgIpc) is 2.82. The molecule has 0 aliphatic rings. The summed E-state index contributed by atoms with van der Waals surface area (Å²) in [5, 5.41) is 4.19. The van der Waals surface area contributed by atoms with Gasteiger partial charge in [0.2, 0.25) is 0 Å². The average molecular weight is 262 g/mol. The summed E-state index contributed by atoms with van der Waals surface area (Å²) in [4.78, 5) is 0. The van der Waals surface area contributed by atoms with Crippen LogP contribution < -0.4 is 20.7 Å². The number of methoxy groups -OCH3 is 2. The molecule has 0 saturated carbocycles. The summed E-state index contributed by atoms with van der Waals surface area (Å²) in [5.41, 5.74) is 4.63. The van der Waals surface area contributed by atoms with Gasteiger partial charge in [-0.05, 0) is 17.7 Å². The Morgan fingerprint density at radius 1 is 1.32 bits per heavy atom. The van der Waals surface area contributed by atoms with Crippen LogP contribution in [0.3, 0.4) is 0 Å². The lowest BCUT2D eigenvalue weighted by Gasteiger charge is -2.18. The molecule has 0 radical (unpaired) electrons. The second kappa shape index (κ2) is 5.73. The molecule has 0 fully saturated rings. The second-order valence-corrected chi connectivity index (χ2v) is 4.10. The third-order valence-corrected chi connectivity index (χ3v) is 3.04. The first-order chi connectivity index (χ1) is 9.21. The van der Waals surface area contributed by atoms with Gasteiger partial charge in [0.05, 0.1) is 26.5 Å². The quantitative estimate of drug-likeness (QED) is 0.621. The molecule has 2 rings (SSSR count). The van der Waals surface area contributed by atoms with Crippen molar-refractivity contribution in [3.05, 3.63) is 41.7 Å². The highest BCUT2D eigenvalue weighted by molar-refractivity contribution is 5.39. The molecular formula is C13H18N4O2. The highest BCUT2D eigenvalue weighted by Crippen LogP contribution is 2.30. The number of hydrogen-bond acceptors (Lipinski definition) is 5. The lowest BCUT2D eigenvalue weighted by Crippen LogP contribution is -2.30. The predicted octanol–water partition coefficient (Wildman–Crippen LogP) is 0.990. The normalized spacial score (nSPS) is 12.2. The molecule has 2 aromatic rings. The van der Waals surface area contributed by atoms with Gasteiger partial charge in [-0.3, -0.25) is 10.5 Å². The van der Waals surface area contributed by atoms with Gasteiger partial charge in [-0.25, -0.2) is 5.43 Å². The monoisotopic (exact) mass is 262 g/mol. The highest BCUT2D eigenvalue weighted by Gasteiger charge is 2.21. The van der Waals surface area contributed by atoms with Crippen LogP contribution in [0.4, 0.5) is 0 Å². The first-order valence-electron chi connectivity index (χ1n) is 5.87. The zero-order valence-electron chi connectivity index (χ0n) is 11.3. The number of aromatic nitrogens is 2. The SMILES string of the molecule is COc1cccc(C(NN)c2c(OC)cnn2C)c1. The van der Waals surface area contributed by atoms with Crippen molar-refractivity contribution in [3.63, 3.8) is 0 Å². The lowest BCUT2D eigenvalue weighted by molar-refractivity contribution is 0.400. The molecule has 0 aliphatic heterocycles. The van der Waals surface area contributed by atoms with E-state index in [-0.39, 0.29) is 6.04 Å². The smallest absolute Gasteiger partial charge is 0.161 e. The maximum Gasteiger partial charge on any atom is 0.161 e. The Kier molecular flexibility index (Phi) is 4.03. The van der Waals surface area contributed by atoms with Crippen LogP contribution in [0, 0.1) is 0 Å². The number of aryl methyl sites for hydroxylation is 1. The number of rotatable bonds is 5. The molecule has 0 bridgehead atoms. The molecule has 0 amide bonds. The fourth-order valence-corrected chi connectivity index (χ4v) is 2.07. The van der Waals surface area contributed by atoms with Crippen molar-refractivity contribution in [3.8, 4) is 11.5 Å². The van der Waals surface area contributed by atoms with E-state index in [0.29, 0.717) is 5.75 Å². The first-order valence-corrected chi connectivity index (χ1v) is 5.87. The minimum atomic E-state index is -0.224. The molecule has 1 atom stereocenters. The largest absolute Gasteiger partial charge is 0.497 e. The van der Waals surface area contributed by atoms with E-state index in [0.717, 1.165) is 17.0 Å². The number of benzene rings is 1. The molecule has 19 heavy (non-hydrogen) atoms. The Hall–Kier alpha value is -2.05. The maximum atomic E-state index is 5.69. The van der Waals surface area contributed by atoms with Gasteiger partial charge < -0.3 is 9.47 Å². The summed E-state index contributed by atoms with van der Waals surface area (Å²) < 4.78 is 12.3. The van der Waals surface area contributed by atoms with Gasteiger partial charge >= 0.3 is 0 Å². The van der Waals surface area contributed by atoms with Crippen LogP contribution in [-0.4, -0.2) is 24.0 Å². The Balaban J connectivity index is 2.46. The molecule has 0 saturated heterocycles. The van der Waals surface area contributed by atoms with Crippen molar-refractivity contribution >= 4 is 0 Å². The summed E-state index contributed by atoms with van der Waals surface area (Å²) in [6.45, 7) is 0.